The fraction of sp³-hybridized carbons (Fsp3) is 0.294. The normalized spacial score (nSPS) is 10.4. The second-order valence-electron chi connectivity index (χ2n) is 5.04. The number of pyridine rings is 1. The number of hydrogen-bond donors (Lipinski definition) is 1. The van der Waals surface area contributed by atoms with E-state index >= 15 is 0 Å². The maximum atomic E-state index is 13.1. The zero-order valence-electron chi connectivity index (χ0n) is 13.1. The van der Waals surface area contributed by atoms with E-state index in [4.69, 9.17) is 0 Å². The van der Waals surface area contributed by atoms with Gasteiger partial charge < -0.3 is 10.2 Å². The van der Waals surface area contributed by atoms with Gasteiger partial charge in [0.05, 0.1) is 0 Å². The van der Waals surface area contributed by atoms with Crippen molar-refractivity contribution in [3.63, 3.8) is 0 Å². The maximum absolute atomic E-state index is 13.1. The first-order valence-electron chi connectivity index (χ1n) is 7.47. The summed E-state index contributed by atoms with van der Waals surface area (Å²) in [5, 5.41) is 2.62. The van der Waals surface area contributed by atoms with Crippen LogP contribution < -0.4 is 10.2 Å². The second-order valence-corrected chi connectivity index (χ2v) is 5.04. The summed E-state index contributed by atoms with van der Waals surface area (Å²) < 4.78 is 26.2. The van der Waals surface area contributed by atoms with Crippen LogP contribution >= 0.6 is 0 Å². The molecule has 0 bridgehead atoms. The Hall–Kier alpha value is -2.50. The summed E-state index contributed by atoms with van der Waals surface area (Å²) in [7, 11) is 0. The summed E-state index contributed by atoms with van der Waals surface area (Å²) in [5.74, 6) is -1.21. The number of rotatable bonds is 6. The van der Waals surface area contributed by atoms with Gasteiger partial charge >= 0.3 is 0 Å². The number of nitrogens with zero attached hydrogens (tertiary/aromatic N) is 2. The van der Waals surface area contributed by atoms with Crippen molar-refractivity contribution in [2.45, 2.75) is 20.4 Å². The van der Waals surface area contributed by atoms with E-state index in [1.54, 1.807) is 6.20 Å². The van der Waals surface area contributed by atoms with Gasteiger partial charge in [0.25, 0.3) is 5.91 Å². The van der Waals surface area contributed by atoms with Crippen LogP contribution in [0.5, 0.6) is 0 Å². The number of anilines is 1. The quantitative estimate of drug-likeness (QED) is 0.890. The number of nitrogens with one attached hydrogen (secondary N) is 1. The molecule has 1 aromatic heterocycles. The van der Waals surface area contributed by atoms with Crippen molar-refractivity contribution < 1.29 is 13.6 Å². The van der Waals surface area contributed by atoms with Gasteiger partial charge in [-0.2, -0.15) is 0 Å². The number of hydrogen-bond acceptors (Lipinski definition) is 3. The van der Waals surface area contributed by atoms with Crippen molar-refractivity contribution in [3.8, 4) is 0 Å². The van der Waals surface area contributed by atoms with Crippen LogP contribution in [0.25, 0.3) is 0 Å². The predicted octanol–water partition coefficient (Wildman–Crippen LogP) is 3.14. The summed E-state index contributed by atoms with van der Waals surface area (Å²) in [4.78, 5) is 18.4. The Morgan fingerprint density at radius 1 is 1.13 bits per heavy atom. The minimum Gasteiger partial charge on any atom is -0.357 e. The molecule has 0 saturated heterocycles. The lowest BCUT2D eigenvalue weighted by Gasteiger charge is -2.19. The molecular formula is C17H19F2N3O. The summed E-state index contributed by atoms with van der Waals surface area (Å²) in [6, 6.07) is 6.48. The Morgan fingerprint density at radius 3 is 2.30 bits per heavy atom. The summed E-state index contributed by atoms with van der Waals surface area (Å²) in [6.07, 6.45) is 1.68. The summed E-state index contributed by atoms with van der Waals surface area (Å²) in [5.41, 5.74) is 0.765. The molecule has 122 valence electrons. The standard InChI is InChI=1S/C17H19F2N3O/c1-3-22(4-2)16-6-5-12(10-20-16)11-21-17(23)13-7-14(18)9-15(19)8-13/h5-10H,3-4,11H2,1-2H3,(H,21,23). The van der Waals surface area contributed by atoms with Crippen molar-refractivity contribution in [3.05, 3.63) is 59.3 Å². The number of carbonyl (C=O) groups is 1. The van der Waals surface area contributed by atoms with Crippen molar-refractivity contribution >= 4 is 11.7 Å². The average molecular weight is 319 g/mol. The van der Waals surface area contributed by atoms with Gasteiger partial charge in [-0.1, -0.05) is 6.07 Å². The number of halogens is 2. The molecule has 4 nitrogen and oxygen atoms in total. The van der Waals surface area contributed by atoms with Crippen LogP contribution in [0.3, 0.4) is 0 Å². The largest absolute Gasteiger partial charge is 0.357 e. The van der Waals surface area contributed by atoms with E-state index < -0.39 is 17.5 Å². The Balaban J connectivity index is 1.99. The minimum atomic E-state index is -0.777. The van der Waals surface area contributed by atoms with Crippen molar-refractivity contribution in [2.24, 2.45) is 0 Å². The summed E-state index contributed by atoms with van der Waals surface area (Å²) >= 11 is 0. The van der Waals surface area contributed by atoms with E-state index in [-0.39, 0.29) is 12.1 Å². The van der Waals surface area contributed by atoms with E-state index in [1.165, 1.54) is 0 Å². The molecule has 1 heterocycles. The molecule has 1 N–H and O–H groups in total. The Kier molecular flexibility index (Phi) is 5.62. The molecule has 0 unspecified atom stereocenters. The van der Waals surface area contributed by atoms with Crippen LogP contribution in [-0.4, -0.2) is 24.0 Å². The molecule has 0 radical (unpaired) electrons. The first kappa shape index (κ1) is 16.9. The second kappa shape index (κ2) is 7.67. The van der Waals surface area contributed by atoms with Crippen molar-refractivity contribution in [1.82, 2.24) is 10.3 Å². The first-order valence-corrected chi connectivity index (χ1v) is 7.47. The van der Waals surface area contributed by atoms with Crippen LogP contribution in [-0.2, 0) is 6.54 Å². The number of benzene rings is 1. The van der Waals surface area contributed by atoms with E-state index in [9.17, 15) is 13.6 Å². The summed E-state index contributed by atoms with van der Waals surface area (Å²) in [6.45, 7) is 6.08. The molecule has 6 heteroatoms. The molecule has 2 aromatic rings. The molecule has 1 aromatic carbocycles. The molecule has 23 heavy (non-hydrogen) atoms. The molecule has 0 aliphatic rings. The van der Waals surface area contributed by atoms with Gasteiger partial charge in [0.1, 0.15) is 17.5 Å². The molecule has 0 atom stereocenters. The minimum absolute atomic E-state index is 0.0461. The Bertz CT molecular complexity index is 650. The monoisotopic (exact) mass is 319 g/mol. The van der Waals surface area contributed by atoms with Crippen molar-refractivity contribution in [1.29, 1.82) is 0 Å². The van der Waals surface area contributed by atoms with Crippen LogP contribution in [0.15, 0.2) is 36.5 Å². The molecule has 0 aliphatic heterocycles. The zero-order chi connectivity index (χ0) is 16.8. The maximum Gasteiger partial charge on any atom is 0.251 e. The van der Waals surface area contributed by atoms with Gasteiger partial charge in [-0.3, -0.25) is 4.79 Å². The van der Waals surface area contributed by atoms with Gasteiger partial charge in [-0.15, -0.1) is 0 Å². The van der Waals surface area contributed by atoms with Crippen LogP contribution in [0.2, 0.25) is 0 Å². The topological polar surface area (TPSA) is 45.2 Å². The van der Waals surface area contributed by atoms with E-state index in [0.29, 0.717) is 0 Å². The lowest BCUT2D eigenvalue weighted by Crippen LogP contribution is -2.24. The highest BCUT2D eigenvalue weighted by atomic mass is 19.1. The molecule has 0 fully saturated rings. The van der Waals surface area contributed by atoms with Gasteiger partial charge in [0, 0.05) is 37.5 Å². The Labute approximate surface area is 134 Å². The third kappa shape index (κ3) is 4.48. The van der Waals surface area contributed by atoms with Crippen LogP contribution in [0, 0.1) is 11.6 Å². The number of aromatic nitrogens is 1. The molecule has 0 spiro atoms. The highest BCUT2D eigenvalue weighted by Gasteiger charge is 2.09. The van der Waals surface area contributed by atoms with E-state index in [0.717, 1.165) is 42.7 Å². The highest BCUT2D eigenvalue weighted by Crippen LogP contribution is 2.11. The number of amides is 1. The molecular weight excluding hydrogens is 300 g/mol. The van der Waals surface area contributed by atoms with Crippen LogP contribution in [0.1, 0.15) is 29.8 Å². The lowest BCUT2D eigenvalue weighted by molar-refractivity contribution is 0.0950. The fourth-order valence-electron chi connectivity index (χ4n) is 2.23. The highest BCUT2D eigenvalue weighted by molar-refractivity contribution is 5.94. The lowest BCUT2D eigenvalue weighted by atomic mass is 10.2. The van der Waals surface area contributed by atoms with Gasteiger partial charge in [0.15, 0.2) is 0 Å². The third-order valence-corrected chi connectivity index (χ3v) is 3.47. The first-order chi connectivity index (χ1) is 11.0. The predicted molar refractivity (Wildman–Crippen MR) is 85.3 cm³/mol. The van der Waals surface area contributed by atoms with Gasteiger partial charge in [-0.25, -0.2) is 13.8 Å². The smallest absolute Gasteiger partial charge is 0.251 e. The number of carbonyl (C=O) groups excluding carboxylic acids is 1. The van der Waals surface area contributed by atoms with E-state index in [2.05, 4.69) is 29.0 Å². The zero-order valence-corrected chi connectivity index (χ0v) is 13.1. The van der Waals surface area contributed by atoms with Crippen molar-refractivity contribution in [2.75, 3.05) is 18.0 Å². The molecule has 0 saturated carbocycles. The molecule has 0 aliphatic carbocycles. The Morgan fingerprint density at radius 2 is 1.78 bits per heavy atom. The molecule has 1 amide bonds. The average Bonchev–Trinajstić information content (AvgIpc) is 2.54. The van der Waals surface area contributed by atoms with E-state index in [1.807, 2.05) is 12.1 Å². The fourth-order valence-corrected chi connectivity index (χ4v) is 2.23. The van der Waals surface area contributed by atoms with Crippen LogP contribution in [0.4, 0.5) is 14.6 Å². The third-order valence-electron chi connectivity index (χ3n) is 3.47. The van der Waals surface area contributed by atoms with Gasteiger partial charge in [0.2, 0.25) is 0 Å². The SMILES string of the molecule is CCN(CC)c1ccc(CNC(=O)c2cc(F)cc(F)c2)cn1. The van der Waals surface area contributed by atoms with Gasteiger partial charge in [-0.05, 0) is 37.6 Å². The molecule has 2 rings (SSSR count).